The summed E-state index contributed by atoms with van der Waals surface area (Å²) in [5, 5.41) is 0. The van der Waals surface area contributed by atoms with Gasteiger partial charge in [-0.05, 0) is 6.42 Å². The summed E-state index contributed by atoms with van der Waals surface area (Å²) < 4.78 is 5.18. The minimum atomic E-state index is 0.683. The molecule has 0 unspecified atom stereocenters. The van der Waals surface area contributed by atoms with Crippen molar-refractivity contribution in [3.8, 4) is 0 Å². The van der Waals surface area contributed by atoms with Crippen LogP contribution in [0.2, 0.25) is 0 Å². The van der Waals surface area contributed by atoms with E-state index in [0.717, 1.165) is 6.61 Å². The number of hydrogen-bond donors (Lipinski definition) is 0. The molecule has 0 rings (SSSR count). The minimum absolute atomic E-state index is 0.683. The van der Waals surface area contributed by atoms with Gasteiger partial charge in [-0.1, -0.05) is 61.4 Å². The maximum absolute atomic E-state index is 5.18. The van der Waals surface area contributed by atoms with Crippen LogP contribution in [0.1, 0.15) is 51.9 Å². The molecule has 2 heteroatoms. The van der Waals surface area contributed by atoms with Gasteiger partial charge in [0, 0.05) is 6.61 Å². The van der Waals surface area contributed by atoms with Gasteiger partial charge < -0.3 is 4.74 Å². The number of unbranched alkanes of at least 4 members (excludes halogenated alkanes) is 6. The lowest BCUT2D eigenvalue weighted by atomic mass is 10.1. The van der Waals surface area contributed by atoms with Gasteiger partial charge in [0.2, 0.25) is 0 Å². The Hall–Kier alpha value is 0.440. The predicted molar refractivity (Wildman–Crippen MR) is 57.7 cm³/mol. The van der Waals surface area contributed by atoms with Crippen LogP contribution in [0.5, 0.6) is 0 Å². The second-order valence-corrected chi connectivity index (χ2v) is 3.60. The van der Waals surface area contributed by atoms with Crippen LogP contribution in [0.3, 0.4) is 0 Å². The summed E-state index contributed by atoms with van der Waals surface area (Å²) in [5.41, 5.74) is 0.683. The van der Waals surface area contributed by atoms with E-state index in [2.05, 4.69) is 22.9 Å². The summed E-state index contributed by atoms with van der Waals surface area (Å²) >= 11 is 3.23. The first-order valence-electron chi connectivity index (χ1n) is 5.05. The van der Waals surface area contributed by atoms with Gasteiger partial charge in [0.25, 0.3) is 0 Å². The van der Waals surface area contributed by atoms with Crippen molar-refractivity contribution in [3.05, 3.63) is 0 Å². The van der Waals surface area contributed by atoms with Crippen LogP contribution in [-0.2, 0) is 4.74 Å². The monoisotopic (exact) mass is 236 g/mol. The van der Waals surface area contributed by atoms with Crippen LogP contribution >= 0.6 is 15.9 Å². The number of halogens is 1. The molecule has 0 aromatic carbocycles. The van der Waals surface area contributed by atoms with Crippen molar-refractivity contribution in [1.82, 2.24) is 0 Å². The highest BCUT2D eigenvalue weighted by molar-refractivity contribution is 9.09. The Kier molecular flexibility index (Phi) is 11.9. The van der Waals surface area contributed by atoms with Crippen LogP contribution in [0.25, 0.3) is 0 Å². The first-order valence-corrected chi connectivity index (χ1v) is 6.17. The third-order valence-electron chi connectivity index (χ3n) is 1.97. The SMILES string of the molecule is CCCCCCCCCOCBr. The first-order chi connectivity index (χ1) is 5.91. The molecule has 0 heterocycles. The van der Waals surface area contributed by atoms with Gasteiger partial charge in [-0.2, -0.15) is 0 Å². The van der Waals surface area contributed by atoms with Gasteiger partial charge in [-0.15, -0.1) is 0 Å². The second kappa shape index (κ2) is 11.4. The molecule has 0 aliphatic rings. The highest BCUT2D eigenvalue weighted by Crippen LogP contribution is 2.06. The van der Waals surface area contributed by atoms with E-state index < -0.39 is 0 Å². The van der Waals surface area contributed by atoms with E-state index >= 15 is 0 Å². The zero-order valence-corrected chi connectivity index (χ0v) is 9.74. The van der Waals surface area contributed by atoms with E-state index in [4.69, 9.17) is 4.74 Å². The van der Waals surface area contributed by atoms with E-state index in [-0.39, 0.29) is 0 Å². The lowest BCUT2D eigenvalue weighted by Crippen LogP contribution is -1.91. The molecule has 0 atom stereocenters. The number of hydrogen-bond acceptors (Lipinski definition) is 1. The molecule has 74 valence electrons. The molecule has 0 saturated carbocycles. The van der Waals surface area contributed by atoms with Crippen LogP contribution < -0.4 is 0 Å². The molecule has 0 radical (unpaired) electrons. The van der Waals surface area contributed by atoms with E-state index in [0.29, 0.717) is 5.52 Å². The Labute approximate surface area is 85.0 Å². The third-order valence-corrected chi connectivity index (χ3v) is 2.29. The molecule has 0 aliphatic heterocycles. The third kappa shape index (κ3) is 10.4. The Balaban J connectivity index is 2.73. The van der Waals surface area contributed by atoms with Gasteiger partial charge in [-0.25, -0.2) is 0 Å². The standard InChI is InChI=1S/C10H21BrO/c1-2-3-4-5-6-7-8-9-12-10-11/h2-10H2,1H3. The lowest BCUT2D eigenvalue weighted by Gasteiger charge is -2.00. The lowest BCUT2D eigenvalue weighted by molar-refractivity contribution is 0.180. The fraction of sp³-hybridized carbons (Fsp3) is 1.00. The van der Waals surface area contributed by atoms with Gasteiger partial charge in [0.15, 0.2) is 0 Å². The largest absolute Gasteiger partial charge is 0.370 e. The van der Waals surface area contributed by atoms with Crippen molar-refractivity contribution in [1.29, 1.82) is 0 Å². The van der Waals surface area contributed by atoms with E-state index in [9.17, 15) is 0 Å². The highest BCUT2D eigenvalue weighted by Gasteiger charge is 1.90. The highest BCUT2D eigenvalue weighted by atomic mass is 79.9. The zero-order chi connectivity index (χ0) is 9.07. The molecule has 0 aromatic heterocycles. The quantitative estimate of drug-likeness (QED) is 0.433. The van der Waals surface area contributed by atoms with Crippen molar-refractivity contribution in [2.24, 2.45) is 0 Å². The molecule has 0 aliphatic carbocycles. The fourth-order valence-electron chi connectivity index (χ4n) is 1.22. The van der Waals surface area contributed by atoms with Crippen molar-refractivity contribution in [2.75, 3.05) is 12.1 Å². The molecule has 12 heavy (non-hydrogen) atoms. The first kappa shape index (κ1) is 12.4. The van der Waals surface area contributed by atoms with E-state index in [1.54, 1.807) is 0 Å². The van der Waals surface area contributed by atoms with Crippen LogP contribution in [0.4, 0.5) is 0 Å². The number of rotatable bonds is 9. The second-order valence-electron chi connectivity index (χ2n) is 3.14. The van der Waals surface area contributed by atoms with Crippen molar-refractivity contribution < 1.29 is 4.74 Å². The average Bonchev–Trinajstić information content (AvgIpc) is 2.10. The maximum atomic E-state index is 5.18. The van der Waals surface area contributed by atoms with Crippen LogP contribution in [0, 0.1) is 0 Å². The molecular formula is C10H21BrO. The van der Waals surface area contributed by atoms with E-state index in [1.807, 2.05) is 0 Å². The zero-order valence-electron chi connectivity index (χ0n) is 8.15. The minimum Gasteiger partial charge on any atom is -0.370 e. The summed E-state index contributed by atoms with van der Waals surface area (Å²) in [5.74, 6) is 0. The van der Waals surface area contributed by atoms with Crippen molar-refractivity contribution in [2.45, 2.75) is 51.9 Å². The van der Waals surface area contributed by atoms with Crippen molar-refractivity contribution in [3.63, 3.8) is 0 Å². The summed E-state index contributed by atoms with van der Waals surface area (Å²) in [6.07, 6.45) is 9.49. The average molecular weight is 237 g/mol. The molecule has 0 fully saturated rings. The Morgan fingerprint density at radius 2 is 1.50 bits per heavy atom. The maximum Gasteiger partial charge on any atom is 0.101 e. The van der Waals surface area contributed by atoms with Gasteiger partial charge in [-0.3, -0.25) is 0 Å². The van der Waals surface area contributed by atoms with E-state index in [1.165, 1.54) is 44.9 Å². The molecule has 0 amide bonds. The van der Waals surface area contributed by atoms with Crippen molar-refractivity contribution >= 4 is 15.9 Å². The molecule has 0 aromatic rings. The molecule has 0 spiro atoms. The molecule has 1 nitrogen and oxygen atoms in total. The topological polar surface area (TPSA) is 9.23 Å². The summed E-state index contributed by atoms with van der Waals surface area (Å²) in [4.78, 5) is 0. The molecule has 0 N–H and O–H groups in total. The molecular weight excluding hydrogens is 216 g/mol. The molecule has 0 saturated heterocycles. The summed E-state index contributed by atoms with van der Waals surface area (Å²) in [6, 6.07) is 0. The van der Waals surface area contributed by atoms with Gasteiger partial charge >= 0.3 is 0 Å². The Morgan fingerprint density at radius 1 is 0.917 bits per heavy atom. The Bertz CT molecular complexity index is 66.2. The predicted octanol–water partition coefficient (Wildman–Crippen LogP) is 4.11. The van der Waals surface area contributed by atoms with Crippen LogP contribution in [-0.4, -0.2) is 12.1 Å². The normalized spacial score (nSPS) is 10.5. The fourth-order valence-corrected chi connectivity index (χ4v) is 1.44. The smallest absolute Gasteiger partial charge is 0.101 e. The van der Waals surface area contributed by atoms with Gasteiger partial charge in [0.05, 0.1) is 0 Å². The summed E-state index contributed by atoms with van der Waals surface area (Å²) in [7, 11) is 0. The summed E-state index contributed by atoms with van der Waals surface area (Å²) in [6.45, 7) is 3.17. The van der Waals surface area contributed by atoms with Crippen LogP contribution in [0.15, 0.2) is 0 Å². The van der Waals surface area contributed by atoms with Gasteiger partial charge in [0.1, 0.15) is 5.52 Å². The molecule has 0 bridgehead atoms. The Morgan fingerprint density at radius 3 is 2.08 bits per heavy atom. The number of ether oxygens (including phenoxy) is 1. The number of alkyl halides is 1.